The van der Waals surface area contributed by atoms with Crippen LogP contribution in [0.5, 0.6) is 0 Å². The number of piperazine rings is 1. The highest BCUT2D eigenvalue weighted by atomic mass is 16.4. The number of hydrogen-bond acceptors (Lipinski definition) is 5. The lowest BCUT2D eigenvalue weighted by Crippen LogP contribution is -2.52. The molecular weight excluding hydrogens is 356 g/mol. The summed E-state index contributed by atoms with van der Waals surface area (Å²) in [6.07, 6.45) is 0. The molecule has 2 heterocycles. The number of aliphatic imine (C=N–C) groups is 1. The molecule has 1 fully saturated rings. The topological polar surface area (TPSA) is 86.0 Å². The Morgan fingerprint density at radius 1 is 1.14 bits per heavy atom. The third-order valence-electron chi connectivity index (χ3n) is 4.86. The fraction of sp³-hybridized carbons (Fsp3) is 0.450. The van der Waals surface area contributed by atoms with Gasteiger partial charge in [-0.15, -0.1) is 0 Å². The number of aryl methyl sites for hydroxylation is 2. The van der Waals surface area contributed by atoms with E-state index in [4.69, 9.17) is 4.42 Å². The number of para-hydroxylation sites is 1. The normalized spacial score (nSPS) is 14.9. The van der Waals surface area contributed by atoms with Gasteiger partial charge in [0.1, 0.15) is 5.76 Å². The number of carbonyl (C=O) groups excluding carboxylic acids is 1. The molecule has 0 spiro atoms. The molecule has 0 radical (unpaired) electrons. The molecule has 1 aliphatic heterocycles. The zero-order valence-electron chi connectivity index (χ0n) is 16.7. The van der Waals surface area contributed by atoms with Crippen molar-refractivity contribution in [2.45, 2.75) is 20.4 Å². The summed E-state index contributed by atoms with van der Waals surface area (Å²) in [5.41, 5.74) is 2.08. The van der Waals surface area contributed by atoms with E-state index in [1.54, 1.807) is 7.05 Å². The third-order valence-corrected chi connectivity index (χ3v) is 4.86. The fourth-order valence-electron chi connectivity index (χ4n) is 3.12. The highest BCUT2D eigenvalue weighted by molar-refractivity contribution is 5.86. The minimum absolute atomic E-state index is 0.0680. The number of nitrogens with zero attached hydrogens (tertiary/aromatic N) is 4. The van der Waals surface area contributed by atoms with Crippen LogP contribution in [0, 0.1) is 13.8 Å². The molecule has 2 aromatic rings. The van der Waals surface area contributed by atoms with Gasteiger partial charge in [-0.25, -0.2) is 4.98 Å². The van der Waals surface area contributed by atoms with Gasteiger partial charge in [-0.3, -0.25) is 9.79 Å². The van der Waals surface area contributed by atoms with E-state index in [0.29, 0.717) is 18.4 Å². The molecule has 1 aliphatic rings. The van der Waals surface area contributed by atoms with Crippen LogP contribution in [-0.2, 0) is 11.3 Å². The van der Waals surface area contributed by atoms with E-state index in [0.717, 1.165) is 37.6 Å². The summed E-state index contributed by atoms with van der Waals surface area (Å²) < 4.78 is 5.54. The van der Waals surface area contributed by atoms with Crippen molar-refractivity contribution in [3.8, 4) is 0 Å². The Bertz CT molecular complexity index is 790. The molecule has 28 heavy (non-hydrogen) atoms. The summed E-state index contributed by atoms with van der Waals surface area (Å²) in [5.74, 6) is 2.02. The van der Waals surface area contributed by atoms with Crippen LogP contribution in [0.2, 0.25) is 0 Å². The predicted molar refractivity (Wildman–Crippen MR) is 109 cm³/mol. The summed E-state index contributed by atoms with van der Waals surface area (Å²) in [4.78, 5) is 25.2. The number of rotatable bonds is 5. The second-order valence-corrected chi connectivity index (χ2v) is 6.73. The second-order valence-electron chi connectivity index (χ2n) is 6.73. The number of nitrogens with one attached hydrogen (secondary N) is 2. The van der Waals surface area contributed by atoms with Crippen LogP contribution in [0.1, 0.15) is 17.3 Å². The maximum absolute atomic E-state index is 12.5. The first-order valence-electron chi connectivity index (χ1n) is 9.52. The molecule has 1 aromatic carbocycles. The Morgan fingerprint density at radius 2 is 1.86 bits per heavy atom. The van der Waals surface area contributed by atoms with E-state index in [9.17, 15) is 4.79 Å². The van der Waals surface area contributed by atoms with Crippen LogP contribution < -0.4 is 15.5 Å². The molecule has 1 aromatic heterocycles. The monoisotopic (exact) mass is 384 g/mol. The van der Waals surface area contributed by atoms with Crippen LogP contribution in [0.4, 0.5) is 5.69 Å². The molecular formula is C20H28N6O2. The number of guanidine groups is 1. The molecule has 0 saturated carbocycles. The van der Waals surface area contributed by atoms with E-state index in [-0.39, 0.29) is 12.5 Å². The van der Waals surface area contributed by atoms with E-state index in [1.807, 2.05) is 36.9 Å². The number of aromatic nitrogens is 1. The van der Waals surface area contributed by atoms with Gasteiger partial charge in [-0.2, -0.15) is 0 Å². The lowest BCUT2D eigenvalue weighted by Gasteiger charge is -2.36. The first kappa shape index (κ1) is 19.7. The summed E-state index contributed by atoms with van der Waals surface area (Å²) in [6, 6.07) is 10.3. The van der Waals surface area contributed by atoms with Crippen molar-refractivity contribution in [3.63, 3.8) is 0 Å². The highest BCUT2D eigenvalue weighted by Gasteiger charge is 2.21. The van der Waals surface area contributed by atoms with E-state index >= 15 is 0 Å². The van der Waals surface area contributed by atoms with Gasteiger partial charge in [0.2, 0.25) is 11.8 Å². The number of amides is 1. The lowest BCUT2D eigenvalue weighted by atomic mass is 10.2. The van der Waals surface area contributed by atoms with Gasteiger partial charge in [-0.05, 0) is 26.0 Å². The number of carbonyl (C=O) groups is 1. The maximum atomic E-state index is 12.5. The molecule has 150 valence electrons. The molecule has 8 heteroatoms. The lowest BCUT2D eigenvalue weighted by molar-refractivity contribution is -0.130. The van der Waals surface area contributed by atoms with Gasteiger partial charge in [0.15, 0.2) is 5.96 Å². The fourth-order valence-corrected chi connectivity index (χ4v) is 3.12. The summed E-state index contributed by atoms with van der Waals surface area (Å²) in [5, 5.41) is 6.18. The van der Waals surface area contributed by atoms with Crippen LogP contribution in [-0.4, -0.2) is 61.5 Å². The third kappa shape index (κ3) is 5.03. The zero-order valence-corrected chi connectivity index (χ0v) is 16.7. The molecule has 0 atom stereocenters. The first-order chi connectivity index (χ1) is 13.6. The minimum Gasteiger partial charge on any atom is -0.444 e. The summed E-state index contributed by atoms with van der Waals surface area (Å²) >= 11 is 0. The van der Waals surface area contributed by atoms with Crippen molar-refractivity contribution in [2.24, 2.45) is 4.99 Å². The maximum Gasteiger partial charge on any atom is 0.242 e. The minimum atomic E-state index is 0.0680. The van der Waals surface area contributed by atoms with Gasteiger partial charge in [-0.1, -0.05) is 18.2 Å². The number of benzene rings is 1. The van der Waals surface area contributed by atoms with Crippen LogP contribution >= 0.6 is 0 Å². The zero-order chi connectivity index (χ0) is 19.9. The van der Waals surface area contributed by atoms with Crippen molar-refractivity contribution in [3.05, 3.63) is 47.7 Å². The Hall–Kier alpha value is -3.03. The van der Waals surface area contributed by atoms with Crippen molar-refractivity contribution in [1.29, 1.82) is 0 Å². The van der Waals surface area contributed by atoms with E-state index in [2.05, 4.69) is 37.6 Å². The average Bonchev–Trinajstić information content (AvgIpc) is 3.06. The van der Waals surface area contributed by atoms with E-state index < -0.39 is 0 Å². The summed E-state index contributed by atoms with van der Waals surface area (Å²) in [7, 11) is 1.67. The largest absolute Gasteiger partial charge is 0.444 e. The first-order valence-corrected chi connectivity index (χ1v) is 9.52. The Labute approximate surface area is 165 Å². The average molecular weight is 384 g/mol. The quantitative estimate of drug-likeness (QED) is 0.597. The standard InChI is InChI=1S/C20H28N6O2/c1-15-16(2)28-18(24-15)13-22-20(21-3)23-14-19(27)26-11-9-25(10-12-26)17-7-5-4-6-8-17/h4-8H,9-14H2,1-3H3,(H2,21,22,23). The van der Waals surface area contributed by atoms with Gasteiger partial charge >= 0.3 is 0 Å². The molecule has 0 aliphatic carbocycles. The number of anilines is 1. The molecule has 0 bridgehead atoms. The number of hydrogen-bond donors (Lipinski definition) is 2. The van der Waals surface area contributed by atoms with Gasteiger partial charge in [0.25, 0.3) is 0 Å². The molecule has 8 nitrogen and oxygen atoms in total. The molecule has 1 amide bonds. The molecule has 3 rings (SSSR count). The van der Waals surface area contributed by atoms with Crippen LogP contribution in [0.15, 0.2) is 39.7 Å². The van der Waals surface area contributed by atoms with Crippen molar-refractivity contribution in [2.75, 3.05) is 44.7 Å². The van der Waals surface area contributed by atoms with Gasteiger partial charge < -0.3 is 24.9 Å². The Kier molecular flexibility index (Phi) is 6.52. The summed E-state index contributed by atoms with van der Waals surface area (Å²) in [6.45, 7) is 7.53. The SMILES string of the molecule is CN=C(NCC(=O)N1CCN(c2ccccc2)CC1)NCc1nc(C)c(C)o1. The predicted octanol–water partition coefficient (Wildman–Crippen LogP) is 1.31. The van der Waals surface area contributed by atoms with Gasteiger partial charge in [0.05, 0.1) is 18.8 Å². The van der Waals surface area contributed by atoms with Crippen molar-refractivity contribution < 1.29 is 9.21 Å². The highest BCUT2D eigenvalue weighted by Crippen LogP contribution is 2.15. The Morgan fingerprint density at radius 3 is 2.46 bits per heavy atom. The van der Waals surface area contributed by atoms with Crippen molar-refractivity contribution in [1.82, 2.24) is 20.5 Å². The van der Waals surface area contributed by atoms with Crippen molar-refractivity contribution >= 4 is 17.6 Å². The molecule has 1 saturated heterocycles. The Balaban J connectivity index is 1.42. The molecule has 0 unspecified atom stereocenters. The second kappa shape index (κ2) is 9.25. The van der Waals surface area contributed by atoms with Gasteiger partial charge in [0, 0.05) is 38.9 Å². The van der Waals surface area contributed by atoms with Crippen LogP contribution in [0.3, 0.4) is 0 Å². The molecule has 2 N–H and O–H groups in total. The number of oxazole rings is 1. The smallest absolute Gasteiger partial charge is 0.242 e. The van der Waals surface area contributed by atoms with E-state index in [1.165, 1.54) is 5.69 Å². The van der Waals surface area contributed by atoms with Crippen LogP contribution in [0.25, 0.3) is 0 Å².